The molecule has 4 aromatic rings. The molecule has 3 heterocycles. The average molecular weight is 610 g/mol. The number of nitrogens with zero attached hydrogens (tertiary/aromatic N) is 2. The zero-order valence-electron chi connectivity index (χ0n) is 21.9. The lowest BCUT2D eigenvalue weighted by molar-refractivity contribution is -0.274. The second-order valence-electron chi connectivity index (χ2n) is 10.3. The Balaban J connectivity index is 1.33. The predicted molar refractivity (Wildman–Crippen MR) is 137 cm³/mol. The molecule has 2 aliphatic rings. The minimum absolute atomic E-state index is 0.0285. The number of amides is 1. The lowest BCUT2D eigenvalue weighted by Gasteiger charge is -2.21. The molecule has 1 amide bonds. The van der Waals surface area contributed by atoms with E-state index in [1.54, 1.807) is 0 Å². The van der Waals surface area contributed by atoms with Crippen molar-refractivity contribution >= 4 is 23.0 Å². The fourth-order valence-corrected chi connectivity index (χ4v) is 5.17. The first-order valence-corrected chi connectivity index (χ1v) is 13.0. The number of alkyl halides is 6. The smallest absolute Gasteiger partial charge is 0.490 e. The molecule has 1 fully saturated rings. The first kappa shape index (κ1) is 28.6. The number of aromatic nitrogens is 2. The summed E-state index contributed by atoms with van der Waals surface area (Å²) in [6.07, 6.45) is -8.26. The molecule has 8 nitrogen and oxygen atoms in total. The Bertz CT molecular complexity index is 1700. The summed E-state index contributed by atoms with van der Waals surface area (Å²) in [7, 11) is 0. The largest absolute Gasteiger partial charge is 0.573 e. The Labute approximate surface area is 238 Å². The van der Waals surface area contributed by atoms with Crippen LogP contribution in [0.5, 0.6) is 11.5 Å². The summed E-state index contributed by atoms with van der Waals surface area (Å²) in [5.41, 5.74) is 5.27. The SMILES string of the molecule is Nc1nc2c(OC(F)(F)F)cc(C(=O)NC[C@H](c3cc4c(c(-c5ccc(F)cc5)n3)OCC4C(F)(F)F)C3CC3)cc2o1. The number of carbonyl (C=O) groups is 1. The number of carbonyl (C=O) groups excluding carboxylic acids is 1. The van der Waals surface area contributed by atoms with Gasteiger partial charge in [0.05, 0.1) is 0 Å². The normalized spacial score (nSPS) is 17.4. The minimum atomic E-state index is -5.09. The van der Waals surface area contributed by atoms with Crippen molar-refractivity contribution in [2.75, 3.05) is 18.9 Å². The van der Waals surface area contributed by atoms with Crippen molar-refractivity contribution in [1.82, 2.24) is 15.3 Å². The van der Waals surface area contributed by atoms with Gasteiger partial charge in [-0.15, -0.1) is 13.2 Å². The predicted octanol–water partition coefficient (Wildman–Crippen LogP) is 6.47. The van der Waals surface area contributed by atoms with Crippen LogP contribution in [0.4, 0.5) is 36.7 Å². The van der Waals surface area contributed by atoms with Crippen molar-refractivity contribution in [2.24, 2.45) is 5.92 Å². The van der Waals surface area contributed by atoms with Crippen LogP contribution in [0.25, 0.3) is 22.4 Å². The molecule has 0 bridgehead atoms. The van der Waals surface area contributed by atoms with Gasteiger partial charge in [0.1, 0.15) is 29.8 Å². The highest BCUT2D eigenvalue weighted by molar-refractivity contribution is 5.99. The van der Waals surface area contributed by atoms with Crippen LogP contribution in [0.2, 0.25) is 0 Å². The van der Waals surface area contributed by atoms with Gasteiger partial charge >= 0.3 is 12.5 Å². The molecule has 0 saturated heterocycles. The van der Waals surface area contributed by atoms with E-state index in [2.05, 4.69) is 20.0 Å². The highest BCUT2D eigenvalue weighted by atomic mass is 19.4. The van der Waals surface area contributed by atoms with E-state index in [1.165, 1.54) is 18.2 Å². The molecule has 3 N–H and O–H groups in total. The molecule has 43 heavy (non-hydrogen) atoms. The monoisotopic (exact) mass is 610 g/mol. The van der Waals surface area contributed by atoms with Gasteiger partial charge in [-0.3, -0.25) is 4.79 Å². The Kier molecular flexibility index (Phi) is 6.85. The molecule has 2 aromatic carbocycles. The lowest BCUT2D eigenvalue weighted by Crippen LogP contribution is -2.30. The Morgan fingerprint density at radius 2 is 1.79 bits per heavy atom. The lowest BCUT2D eigenvalue weighted by atomic mass is 9.92. The fraction of sp³-hybridized carbons (Fsp3) is 0.321. The van der Waals surface area contributed by atoms with Gasteiger partial charge in [-0.1, -0.05) is 0 Å². The van der Waals surface area contributed by atoms with Gasteiger partial charge in [0.15, 0.2) is 16.8 Å². The number of nitrogen functional groups attached to an aromatic ring is 1. The van der Waals surface area contributed by atoms with E-state index in [9.17, 15) is 35.5 Å². The highest BCUT2D eigenvalue weighted by Gasteiger charge is 2.48. The maximum Gasteiger partial charge on any atom is 0.573 e. The summed E-state index contributed by atoms with van der Waals surface area (Å²) in [6, 6.07) is 7.94. The summed E-state index contributed by atoms with van der Waals surface area (Å²) in [4.78, 5) is 21.4. The van der Waals surface area contributed by atoms with Gasteiger partial charge in [-0.25, -0.2) is 9.37 Å². The van der Waals surface area contributed by atoms with Crippen LogP contribution >= 0.6 is 0 Å². The van der Waals surface area contributed by atoms with E-state index in [0.29, 0.717) is 5.56 Å². The topological polar surface area (TPSA) is 113 Å². The third kappa shape index (κ3) is 5.88. The molecule has 0 spiro atoms. The maximum absolute atomic E-state index is 13.9. The van der Waals surface area contributed by atoms with Gasteiger partial charge < -0.3 is 24.9 Å². The van der Waals surface area contributed by atoms with E-state index in [1.807, 2.05) is 0 Å². The second kappa shape index (κ2) is 10.3. The van der Waals surface area contributed by atoms with Crippen molar-refractivity contribution in [1.29, 1.82) is 0 Å². The van der Waals surface area contributed by atoms with Crippen LogP contribution in [-0.4, -0.2) is 41.6 Å². The van der Waals surface area contributed by atoms with Gasteiger partial charge in [0, 0.05) is 34.8 Å². The molecule has 1 aliphatic carbocycles. The van der Waals surface area contributed by atoms with Gasteiger partial charge in [0.2, 0.25) is 0 Å². The Morgan fingerprint density at radius 3 is 2.44 bits per heavy atom. The van der Waals surface area contributed by atoms with Crippen molar-refractivity contribution in [3.8, 4) is 22.8 Å². The van der Waals surface area contributed by atoms with Crippen LogP contribution in [-0.2, 0) is 0 Å². The number of halogens is 7. The van der Waals surface area contributed by atoms with Crippen molar-refractivity contribution in [3.63, 3.8) is 0 Å². The molecular formula is C28H21F7N4O4. The summed E-state index contributed by atoms with van der Waals surface area (Å²) >= 11 is 0. The first-order valence-electron chi connectivity index (χ1n) is 13.0. The zero-order valence-corrected chi connectivity index (χ0v) is 21.9. The van der Waals surface area contributed by atoms with Crippen LogP contribution in [0.1, 0.15) is 46.3 Å². The van der Waals surface area contributed by atoms with Crippen LogP contribution in [0.15, 0.2) is 46.9 Å². The zero-order chi connectivity index (χ0) is 30.7. The molecule has 1 unspecified atom stereocenters. The third-order valence-electron chi connectivity index (χ3n) is 7.32. The quantitative estimate of drug-likeness (QED) is 0.231. The maximum atomic E-state index is 13.9. The second-order valence-corrected chi connectivity index (χ2v) is 10.3. The van der Waals surface area contributed by atoms with Crippen molar-refractivity contribution < 1.29 is 49.4 Å². The van der Waals surface area contributed by atoms with Crippen LogP contribution < -0.4 is 20.5 Å². The summed E-state index contributed by atoms with van der Waals surface area (Å²) in [6.45, 7) is -0.734. The molecule has 2 aromatic heterocycles. The van der Waals surface area contributed by atoms with E-state index >= 15 is 0 Å². The van der Waals surface area contributed by atoms with Gasteiger partial charge in [-0.2, -0.15) is 18.2 Å². The van der Waals surface area contributed by atoms with Crippen LogP contribution in [0.3, 0.4) is 0 Å². The number of hydrogen-bond acceptors (Lipinski definition) is 7. The average Bonchev–Trinajstić information content (AvgIpc) is 3.52. The van der Waals surface area contributed by atoms with Crippen molar-refractivity contribution in [3.05, 3.63) is 65.1 Å². The molecule has 1 aliphatic heterocycles. The molecular weight excluding hydrogens is 589 g/mol. The van der Waals surface area contributed by atoms with Gasteiger partial charge in [-0.05, 0) is 61.2 Å². The molecule has 15 heteroatoms. The van der Waals surface area contributed by atoms with Crippen LogP contribution in [0, 0.1) is 11.7 Å². The Hall–Kier alpha value is -4.56. The molecule has 0 radical (unpaired) electrons. The number of hydrogen-bond donors (Lipinski definition) is 2. The minimum Gasteiger partial charge on any atom is -0.490 e. The molecule has 226 valence electrons. The number of pyridine rings is 1. The number of nitrogens with two attached hydrogens (primary N) is 1. The first-order chi connectivity index (χ1) is 20.3. The summed E-state index contributed by atoms with van der Waals surface area (Å²) < 4.78 is 109. The fourth-order valence-electron chi connectivity index (χ4n) is 5.17. The molecule has 2 atom stereocenters. The number of benzene rings is 2. The van der Waals surface area contributed by atoms with E-state index in [4.69, 9.17) is 14.9 Å². The number of oxazole rings is 1. The summed E-state index contributed by atoms with van der Waals surface area (Å²) in [5.74, 6) is -4.67. The number of fused-ring (bicyclic) bond motifs is 2. The van der Waals surface area contributed by atoms with E-state index < -0.39 is 54.5 Å². The molecule has 6 rings (SSSR count). The Morgan fingerprint density at radius 1 is 1.07 bits per heavy atom. The van der Waals surface area contributed by atoms with Crippen molar-refractivity contribution in [2.45, 2.75) is 37.2 Å². The van der Waals surface area contributed by atoms with E-state index in [-0.39, 0.29) is 51.8 Å². The number of anilines is 1. The van der Waals surface area contributed by atoms with E-state index in [0.717, 1.165) is 37.1 Å². The standard InChI is InChI=1S/C28H21F7N4O4/c29-15-5-3-13(4-6-15)22-24-16(18(11-41-24)27(30,31)32)9-19(38-22)17(12-1-2-12)10-37-25(40)14-7-20-23(39-26(36)42-20)21(8-14)43-28(33,34)35/h3-9,12,17-18H,1-2,10-11H2,(H2,36,39)(H,37,40)/t17-,18?/m0/s1. The number of nitrogens with one attached hydrogen (secondary N) is 1. The molecule has 1 saturated carbocycles. The third-order valence-corrected chi connectivity index (χ3v) is 7.32. The van der Waals surface area contributed by atoms with Gasteiger partial charge in [0.25, 0.3) is 11.9 Å². The highest BCUT2D eigenvalue weighted by Crippen LogP contribution is 2.50. The summed E-state index contributed by atoms with van der Waals surface area (Å²) in [5, 5.41) is 2.64. The number of rotatable bonds is 7. The number of ether oxygens (including phenoxy) is 2.